The highest BCUT2D eigenvalue weighted by molar-refractivity contribution is 9.10. The molecule has 0 amide bonds. The normalized spacial score (nSPS) is 12.7. The lowest BCUT2D eigenvalue weighted by Crippen LogP contribution is -2.12. The second kappa shape index (κ2) is 8.67. The molecule has 170 valence electrons. The Morgan fingerprint density at radius 2 is 1.79 bits per heavy atom. The van der Waals surface area contributed by atoms with Crippen molar-refractivity contribution in [1.82, 2.24) is 9.97 Å². The Kier molecular flexibility index (Phi) is 6.06. The number of hydrogen-bond donors (Lipinski definition) is 2. The second-order valence-corrected chi connectivity index (χ2v) is 8.89. The Bertz CT molecular complexity index is 1400. The van der Waals surface area contributed by atoms with E-state index in [2.05, 4.69) is 30.6 Å². The molecule has 0 bridgehead atoms. The molecule has 12 heteroatoms. The van der Waals surface area contributed by atoms with Crippen molar-refractivity contribution in [3.63, 3.8) is 0 Å². The summed E-state index contributed by atoms with van der Waals surface area (Å²) in [7, 11) is -2.18. The van der Waals surface area contributed by atoms with Gasteiger partial charge in [0.2, 0.25) is 5.78 Å². The number of carbonyl (C=O) groups is 1. The quantitative estimate of drug-likeness (QED) is 0.240. The van der Waals surface area contributed by atoms with E-state index in [9.17, 15) is 26.6 Å². The van der Waals surface area contributed by atoms with Crippen LogP contribution in [0.1, 0.15) is 21.5 Å². The standard InChI is InChI=1S/C21H11BrF5N3O2S/c22-11-7-13-14(9-29-20(13)28-8-11)19(31)17-15(23)5-6-16(18(17)24)30-33(32)12-3-1-10(2-4-12)21(25,26)27/h1-9,30H,(H,28,29). The van der Waals surface area contributed by atoms with Crippen molar-refractivity contribution in [3.05, 3.63) is 87.7 Å². The van der Waals surface area contributed by atoms with Gasteiger partial charge >= 0.3 is 6.18 Å². The second-order valence-electron chi connectivity index (χ2n) is 6.76. The van der Waals surface area contributed by atoms with Crippen molar-refractivity contribution in [2.24, 2.45) is 0 Å². The van der Waals surface area contributed by atoms with Crippen LogP contribution < -0.4 is 4.72 Å². The maximum Gasteiger partial charge on any atom is 0.416 e. The smallest absolute Gasteiger partial charge is 0.345 e. The van der Waals surface area contributed by atoms with E-state index in [4.69, 9.17) is 0 Å². The number of H-pyrrole nitrogens is 1. The summed E-state index contributed by atoms with van der Waals surface area (Å²) in [6.45, 7) is 0. The Morgan fingerprint density at radius 1 is 1.09 bits per heavy atom. The number of benzene rings is 2. The minimum absolute atomic E-state index is 0.0300. The molecule has 0 radical (unpaired) electrons. The molecule has 2 heterocycles. The number of ketones is 1. The number of alkyl halides is 3. The predicted octanol–water partition coefficient (Wildman–Crippen LogP) is 5.99. The number of rotatable bonds is 5. The molecule has 5 nitrogen and oxygen atoms in total. The topological polar surface area (TPSA) is 74.8 Å². The highest BCUT2D eigenvalue weighted by atomic mass is 79.9. The summed E-state index contributed by atoms with van der Waals surface area (Å²) in [4.78, 5) is 19.7. The summed E-state index contributed by atoms with van der Waals surface area (Å²) in [5.74, 6) is -3.40. The number of halogens is 6. The zero-order valence-corrected chi connectivity index (χ0v) is 18.5. The molecule has 0 spiro atoms. The monoisotopic (exact) mass is 543 g/mol. The summed E-state index contributed by atoms with van der Waals surface area (Å²) in [5.41, 5.74) is -1.98. The van der Waals surface area contributed by atoms with Crippen LogP contribution in [0, 0.1) is 11.6 Å². The molecule has 2 N–H and O–H groups in total. The van der Waals surface area contributed by atoms with Gasteiger partial charge in [0.15, 0.2) is 5.82 Å². The Hall–Kier alpha value is -3.12. The third-order valence-corrected chi connectivity index (χ3v) is 6.20. The molecule has 4 aromatic rings. The van der Waals surface area contributed by atoms with Crippen LogP contribution in [0.15, 0.2) is 64.2 Å². The van der Waals surface area contributed by atoms with Gasteiger partial charge in [0.25, 0.3) is 0 Å². The Balaban J connectivity index is 1.66. The van der Waals surface area contributed by atoms with Gasteiger partial charge in [0.1, 0.15) is 22.5 Å². The molecule has 2 aromatic heterocycles. The van der Waals surface area contributed by atoms with Crippen LogP contribution in [-0.2, 0) is 17.2 Å². The number of aromatic nitrogens is 2. The van der Waals surface area contributed by atoms with E-state index < -0.39 is 51.4 Å². The summed E-state index contributed by atoms with van der Waals surface area (Å²) < 4.78 is 83.0. The molecule has 0 saturated heterocycles. The van der Waals surface area contributed by atoms with Gasteiger partial charge < -0.3 is 4.98 Å². The molecule has 1 unspecified atom stereocenters. The molecule has 0 aliphatic heterocycles. The first-order valence-corrected chi connectivity index (χ1v) is 11.0. The van der Waals surface area contributed by atoms with E-state index in [0.29, 0.717) is 15.5 Å². The average molecular weight is 544 g/mol. The molecule has 0 aliphatic carbocycles. The van der Waals surface area contributed by atoms with Crippen LogP contribution in [0.3, 0.4) is 0 Å². The van der Waals surface area contributed by atoms with Gasteiger partial charge in [0, 0.05) is 27.8 Å². The minimum Gasteiger partial charge on any atom is -0.345 e. The van der Waals surface area contributed by atoms with Crippen molar-refractivity contribution >= 4 is 49.4 Å². The minimum atomic E-state index is -4.57. The number of nitrogens with zero attached hydrogens (tertiary/aromatic N) is 1. The Morgan fingerprint density at radius 3 is 2.45 bits per heavy atom. The van der Waals surface area contributed by atoms with Gasteiger partial charge in [-0.1, -0.05) is 0 Å². The molecule has 0 saturated carbocycles. The van der Waals surface area contributed by atoms with E-state index in [0.717, 1.165) is 36.4 Å². The fourth-order valence-electron chi connectivity index (χ4n) is 3.07. The number of fused-ring (bicyclic) bond motifs is 1. The lowest BCUT2D eigenvalue weighted by molar-refractivity contribution is -0.137. The maximum absolute atomic E-state index is 15.1. The number of nitrogens with one attached hydrogen (secondary N) is 2. The van der Waals surface area contributed by atoms with Crippen LogP contribution in [0.5, 0.6) is 0 Å². The van der Waals surface area contributed by atoms with E-state index >= 15 is 4.39 Å². The largest absolute Gasteiger partial charge is 0.416 e. The number of pyridine rings is 1. The van der Waals surface area contributed by atoms with Gasteiger partial charge in [0.05, 0.1) is 21.7 Å². The lowest BCUT2D eigenvalue weighted by atomic mass is 10.0. The van der Waals surface area contributed by atoms with Gasteiger partial charge in [-0.25, -0.2) is 18.0 Å². The van der Waals surface area contributed by atoms with Gasteiger partial charge in [-0.2, -0.15) is 13.2 Å². The molecule has 4 rings (SSSR count). The van der Waals surface area contributed by atoms with Gasteiger partial charge in [-0.15, -0.1) is 0 Å². The highest BCUT2D eigenvalue weighted by Gasteiger charge is 2.30. The third kappa shape index (κ3) is 4.53. The van der Waals surface area contributed by atoms with Crippen molar-refractivity contribution in [1.29, 1.82) is 0 Å². The lowest BCUT2D eigenvalue weighted by Gasteiger charge is -2.12. The average Bonchev–Trinajstić information content (AvgIpc) is 3.18. The third-order valence-electron chi connectivity index (χ3n) is 4.66. The van der Waals surface area contributed by atoms with Crippen molar-refractivity contribution in [3.8, 4) is 0 Å². The first-order chi connectivity index (χ1) is 15.6. The first kappa shape index (κ1) is 23.1. The predicted molar refractivity (Wildman–Crippen MR) is 115 cm³/mol. The van der Waals surface area contributed by atoms with E-state index in [1.54, 1.807) is 6.07 Å². The Labute approximate surface area is 193 Å². The molecule has 0 fully saturated rings. The van der Waals surface area contributed by atoms with E-state index in [1.165, 1.54) is 12.4 Å². The fourth-order valence-corrected chi connectivity index (χ4v) is 4.26. The molecular weight excluding hydrogens is 533 g/mol. The summed E-state index contributed by atoms with van der Waals surface area (Å²) in [5, 5.41) is 0.333. The van der Waals surface area contributed by atoms with Gasteiger partial charge in [-0.05, 0) is 58.4 Å². The van der Waals surface area contributed by atoms with Crippen LogP contribution in [0.4, 0.5) is 27.6 Å². The van der Waals surface area contributed by atoms with Crippen molar-refractivity contribution in [2.45, 2.75) is 11.1 Å². The van der Waals surface area contributed by atoms with E-state index in [1.807, 2.05) is 0 Å². The molecule has 0 aliphatic rings. The zero-order chi connectivity index (χ0) is 23.9. The molecule has 1 atom stereocenters. The molecule has 2 aromatic carbocycles. The SMILES string of the molecule is O=C(c1c(F)ccc(NS(=O)c2ccc(C(F)(F)F)cc2)c1F)c1c[nH]c2ncc(Br)cc12. The summed E-state index contributed by atoms with van der Waals surface area (Å²) in [6, 6.07) is 6.72. The number of hydrogen-bond acceptors (Lipinski definition) is 3. The van der Waals surface area contributed by atoms with Crippen LogP contribution >= 0.6 is 15.9 Å². The first-order valence-electron chi connectivity index (χ1n) is 9.07. The highest BCUT2D eigenvalue weighted by Crippen LogP contribution is 2.31. The van der Waals surface area contributed by atoms with Gasteiger partial charge in [-0.3, -0.25) is 9.52 Å². The van der Waals surface area contributed by atoms with Crippen LogP contribution in [0.25, 0.3) is 11.0 Å². The van der Waals surface area contributed by atoms with Crippen molar-refractivity contribution < 1.29 is 31.0 Å². The number of aromatic amines is 1. The summed E-state index contributed by atoms with van der Waals surface area (Å²) >= 11 is 3.22. The number of carbonyl (C=O) groups excluding carboxylic acids is 1. The fraction of sp³-hybridized carbons (Fsp3) is 0.0476. The van der Waals surface area contributed by atoms with Crippen molar-refractivity contribution in [2.75, 3.05) is 4.72 Å². The zero-order valence-electron chi connectivity index (χ0n) is 16.1. The van der Waals surface area contributed by atoms with Crippen LogP contribution in [-0.4, -0.2) is 20.0 Å². The summed E-state index contributed by atoms with van der Waals surface area (Å²) in [6.07, 6.45) is -1.82. The molecular formula is C21H11BrF5N3O2S. The molecule has 33 heavy (non-hydrogen) atoms. The maximum atomic E-state index is 15.1. The number of anilines is 1. The van der Waals surface area contributed by atoms with Crippen LogP contribution in [0.2, 0.25) is 0 Å². The van der Waals surface area contributed by atoms with E-state index in [-0.39, 0.29) is 10.5 Å².